The van der Waals surface area contributed by atoms with Crippen LogP contribution < -0.4 is 20.1 Å². The van der Waals surface area contributed by atoms with Gasteiger partial charge in [-0.05, 0) is 65.8 Å². The number of halogens is 1. The van der Waals surface area contributed by atoms with Gasteiger partial charge in [0.15, 0.2) is 5.78 Å². The molecule has 36 heavy (non-hydrogen) atoms. The summed E-state index contributed by atoms with van der Waals surface area (Å²) in [6.45, 7) is 4.95. The van der Waals surface area contributed by atoms with Crippen LogP contribution in [0.15, 0.2) is 78.0 Å². The van der Waals surface area contributed by atoms with Gasteiger partial charge in [-0.15, -0.1) is 0 Å². The van der Waals surface area contributed by atoms with Gasteiger partial charge in [0, 0.05) is 17.7 Å². The van der Waals surface area contributed by atoms with Crippen LogP contribution in [0, 0.1) is 5.92 Å². The maximum atomic E-state index is 13.7. The number of carbonyl (C=O) groups is 1. The minimum absolute atomic E-state index is 0.0910. The summed E-state index contributed by atoms with van der Waals surface area (Å²) in [5.41, 5.74) is 5.68. The third-order valence-corrected chi connectivity index (χ3v) is 7.05. The van der Waals surface area contributed by atoms with Gasteiger partial charge in [-0.25, -0.2) is 0 Å². The van der Waals surface area contributed by atoms with Crippen molar-refractivity contribution in [2.45, 2.75) is 38.6 Å². The van der Waals surface area contributed by atoms with Crippen LogP contribution in [-0.4, -0.2) is 19.5 Å². The van der Waals surface area contributed by atoms with Gasteiger partial charge in [0.25, 0.3) is 0 Å². The molecule has 0 bridgehead atoms. The summed E-state index contributed by atoms with van der Waals surface area (Å²) in [6, 6.07) is 21.6. The predicted molar refractivity (Wildman–Crippen MR) is 145 cm³/mol. The number of hydrogen-bond acceptors (Lipinski definition) is 5. The number of fused-ring (bicyclic) bond motifs is 1. The number of benzene rings is 3. The molecule has 1 heterocycles. The fourth-order valence-electron chi connectivity index (χ4n) is 4.94. The molecule has 0 radical (unpaired) electrons. The molecular formula is C30H31ClN2O3. The van der Waals surface area contributed by atoms with Crippen molar-refractivity contribution < 1.29 is 14.3 Å². The highest BCUT2D eigenvalue weighted by atomic mass is 35.5. The first kappa shape index (κ1) is 24.3. The third-order valence-electron chi connectivity index (χ3n) is 6.75. The minimum atomic E-state index is -0.320. The lowest BCUT2D eigenvalue weighted by Crippen LogP contribution is -2.26. The van der Waals surface area contributed by atoms with Crippen LogP contribution in [0.5, 0.6) is 11.5 Å². The van der Waals surface area contributed by atoms with Crippen molar-refractivity contribution in [3.05, 3.63) is 94.1 Å². The predicted octanol–water partition coefficient (Wildman–Crippen LogP) is 7.36. The number of hydrogen-bond donors (Lipinski definition) is 2. The van der Waals surface area contributed by atoms with Crippen LogP contribution in [0.1, 0.15) is 49.8 Å². The van der Waals surface area contributed by atoms with Crippen molar-refractivity contribution in [3.8, 4) is 11.5 Å². The van der Waals surface area contributed by atoms with Crippen LogP contribution >= 0.6 is 11.6 Å². The Kier molecular flexibility index (Phi) is 6.92. The van der Waals surface area contributed by atoms with Gasteiger partial charge in [-0.1, -0.05) is 55.8 Å². The van der Waals surface area contributed by atoms with Crippen molar-refractivity contribution >= 4 is 28.8 Å². The summed E-state index contributed by atoms with van der Waals surface area (Å²) in [5.74, 6) is 2.16. The van der Waals surface area contributed by atoms with Gasteiger partial charge >= 0.3 is 0 Å². The Bertz CT molecular complexity index is 1300. The van der Waals surface area contributed by atoms with Gasteiger partial charge in [0.05, 0.1) is 36.2 Å². The number of ketones is 1. The number of rotatable bonds is 6. The molecule has 2 N–H and O–H groups in total. The summed E-state index contributed by atoms with van der Waals surface area (Å²) in [4.78, 5) is 13.7. The molecule has 5 nitrogen and oxygen atoms in total. The molecule has 0 fully saturated rings. The first-order valence-corrected chi connectivity index (χ1v) is 12.8. The van der Waals surface area contributed by atoms with Crippen molar-refractivity contribution in [2.75, 3.05) is 24.4 Å². The van der Waals surface area contributed by atoms with E-state index in [0.717, 1.165) is 45.9 Å². The lowest BCUT2D eigenvalue weighted by molar-refractivity contribution is -0.116. The lowest BCUT2D eigenvalue weighted by atomic mass is 9.78. The molecule has 2 atom stereocenters. The molecule has 186 valence electrons. The number of carbonyl (C=O) groups excluding carboxylic acids is 1. The average molecular weight is 503 g/mol. The molecule has 2 aliphatic rings. The molecule has 2 unspecified atom stereocenters. The zero-order chi connectivity index (χ0) is 25.2. The number of methoxy groups -OCH3 is 1. The normalized spacial score (nSPS) is 19.1. The van der Waals surface area contributed by atoms with Crippen molar-refractivity contribution in [2.24, 2.45) is 5.92 Å². The highest BCUT2D eigenvalue weighted by molar-refractivity contribution is 6.32. The fourth-order valence-corrected chi connectivity index (χ4v) is 5.21. The number of Topliss-reactive ketones (excluding diaryl/α,β-unsaturated/α-hetero) is 1. The molecule has 0 saturated heterocycles. The first-order chi connectivity index (χ1) is 17.4. The van der Waals surface area contributed by atoms with Crippen LogP contribution in [0.3, 0.4) is 0 Å². The van der Waals surface area contributed by atoms with E-state index in [4.69, 9.17) is 21.1 Å². The zero-order valence-electron chi connectivity index (χ0n) is 20.8. The standard InChI is InChI=1S/C30H31ClN2O3/c1-18(2)17-36-22-11-8-19(9-12-22)21-15-26-29(27(34)16-21)30(20-10-13-28(35-3)23(31)14-20)33-25-7-5-4-6-24(25)32-26/h4-14,18,21,30,32-33H,15-17H2,1-3H3. The zero-order valence-corrected chi connectivity index (χ0v) is 21.6. The molecule has 3 aromatic rings. The summed E-state index contributed by atoms with van der Waals surface area (Å²) in [7, 11) is 1.60. The molecule has 6 heteroatoms. The number of para-hydroxylation sites is 2. The maximum absolute atomic E-state index is 13.7. The molecule has 0 spiro atoms. The summed E-state index contributed by atoms with van der Waals surface area (Å²) in [5, 5.41) is 7.70. The number of ether oxygens (including phenoxy) is 2. The molecule has 3 aromatic carbocycles. The van der Waals surface area contributed by atoms with Crippen molar-refractivity contribution in [1.29, 1.82) is 0 Å². The van der Waals surface area contributed by atoms with Gasteiger partial charge in [-0.2, -0.15) is 0 Å². The lowest BCUT2D eigenvalue weighted by Gasteiger charge is -2.30. The second-order valence-electron chi connectivity index (χ2n) is 9.84. The molecular weight excluding hydrogens is 472 g/mol. The van der Waals surface area contributed by atoms with Gasteiger partial charge < -0.3 is 20.1 Å². The number of allylic oxidation sites excluding steroid dienone is 1. The Morgan fingerprint density at radius 3 is 2.39 bits per heavy atom. The Labute approximate surface area is 217 Å². The second kappa shape index (κ2) is 10.3. The van der Waals surface area contributed by atoms with E-state index in [-0.39, 0.29) is 17.7 Å². The minimum Gasteiger partial charge on any atom is -0.495 e. The molecule has 0 aromatic heterocycles. The van der Waals surface area contributed by atoms with Gasteiger partial charge in [-0.3, -0.25) is 4.79 Å². The molecule has 1 aliphatic carbocycles. The van der Waals surface area contributed by atoms with E-state index in [1.807, 2.05) is 54.6 Å². The topological polar surface area (TPSA) is 59.6 Å². The Hall–Kier alpha value is -3.44. The van der Waals surface area contributed by atoms with Crippen molar-refractivity contribution in [1.82, 2.24) is 0 Å². The fraction of sp³-hybridized carbons (Fsp3) is 0.300. The third kappa shape index (κ3) is 4.93. The van der Waals surface area contributed by atoms with Crippen LogP contribution in [0.2, 0.25) is 5.02 Å². The first-order valence-electron chi connectivity index (χ1n) is 12.4. The highest BCUT2D eigenvalue weighted by Gasteiger charge is 2.36. The number of anilines is 2. The van der Waals surface area contributed by atoms with Gasteiger partial charge in [0.1, 0.15) is 11.5 Å². The summed E-state index contributed by atoms with van der Waals surface area (Å²) in [6.07, 6.45) is 1.19. The van der Waals surface area contributed by atoms with Crippen LogP contribution in [0.4, 0.5) is 11.4 Å². The molecule has 0 amide bonds. The van der Waals surface area contributed by atoms with Crippen LogP contribution in [-0.2, 0) is 4.79 Å². The Morgan fingerprint density at radius 2 is 1.69 bits per heavy atom. The molecule has 0 saturated carbocycles. The Morgan fingerprint density at radius 1 is 0.972 bits per heavy atom. The van der Waals surface area contributed by atoms with E-state index in [1.165, 1.54) is 0 Å². The van der Waals surface area contributed by atoms with Crippen LogP contribution in [0.25, 0.3) is 0 Å². The highest BCUT2D eigenvalue weighted by Crippen LogP contribution is 2.45. The van der Waals surface area contributed by atoms with Crippen molar-refractivity contribution in [3.63, 3.8) is 0 Å². The van der Waals surface area contributed by atoms with E-state index in [9.17, 15) is 4.79 Å². The van der Waals surface area contributed by atoms with E-state index in [2.05, 4.69) is 36.6 Å². The maximum Gasteiger partial charge on any atom is 0.163 e. The number of nitrogens with one attached hydrogen (secondary N) is 2. The Balaban J connectivity index is 1.49. The van der Waals surface area contributed by atoms with E-state index >= 15 is 0 Å². The van der Waals surface area contributed by atoms with E-state index in [0.29, 0.717) is 29.7 Å². The second-order valence-corrected chi connectivity index (χ2v) is 10.2. The summed E-state index contributed by atoms with van der Waals surface area (Å²) >= 11 is 6.48. The average Bonchev–Trinajstić information content (AvgIpc) is 3.04. The smallest absolute Gasteiger partial charge is 0.163 e. The van der Waals surface area contributed by atoms with E-state index < -0.39 is 0 Å². The monoisotopic (exact) mass is 502 g/mol. The molecule has 1 aliphatic heterocycles. The quantitative estimate of drug-likeness (QED) is 0.368. The largest absolute Gasteiger partial charge is 0.495 e. The summed E-state index contributed by atoms with van der Waals surface area (Å²) < 4.78 is 11.2. The van der Waals surface area contributed by atoms with E-state index in [1.54, 1.807) is 7.11 Å². The van der Waals surface area contributed by atoms with Gasteiger partial charge in [0.2, 0.25) is 0 Å². The molecule has 5 rings (SSSR count). The SMILES string of the molecule is COc1ccc(C2Nc3ccccc3NC3=C2C(=O)CC(c2ccc(OCC(C)C)cc2)C3)cc1Cl.